The Kier molecular flexibility index (Phi) is 9.08. The SMILES string of the molecule is Cc1c2c(c(C)c([N+](=O)[O-])c1C(C)OC(=O)OC1CC(C)OC1COP(C)OCCC#N)OCO2. The van der Waals surface area contributed by atoms with Crippen LogP contribution in [0.15, 0.2) is 0 Å². The zero-order valence-electron chi connectivity index (χ0n) is 20.3. The zero-order chi connectivity index (χ0) is 25.7. The minimum atomic E-state index is -1.21. The van der Waals surface area contributed by atoms with Gasteiger partial charge in [0, 0.05) is 18.6 Å². The van der Waals surface area contributed by atoms with Gasteiger partial charge < -0.3 is 32.7 Å². The van der Waals surface area contributed by atoms with Crippen molar-refractivity contribution in [2.24, 2.45) is 0 Å². The van der Waals surface area contributed by atoms with Crippen LogP contribution in [-0.4, -0.2) is 56.1 Å². The zero-order valence-corrected chi connectivity index (χ0v) is 21.2. The quantitative estimate of drug-likeness (QED) is 0.142. The first-order chi connectivity index (χ1) is 16.6. The molecule has 0 bridgehead atoms. The summed E-state index contributed by atoms with van der Waals surface area (Å²) in [5.74, 6) is 0.718. The van der Waals surface area contributed by atoms with Gasteiger partial charge in [-0.05, 0) is 27.7 Å². The Balaban J connectivity index is 1.65. The van der Waals surface area contributed by atoms with E-state index in [1.807, 2.05) is 13.0 Å². The molecule has 5 atom stereocenters. The minimum absolute atomic E-state index is 0.0401. The Morgan fingerprint density at radius 3 is 2.63 bits per heavy atom. The number of nitro groups is 1. The Morgan fingerprint density at radius 1 is 1.29 bits per heavy atom. The summed E-state index contributed by atoms with van der Waals surface area (Å²) in [6, 6.07) is 1.99. The molecule has 192 valence electrons. The Labute approximate surface area is 204 Å². The lowest BCUT2D eigenvalue weighted by Gasteiger charge is -2.22. The number of nitro benzene ring substituents is 1. The van der Waals surface area contributed by atoms with Crippen molar-refractivity contribution in [3.05, 3.63) is 26.8 Å². The predicted octanol–water partition coefficient (Wildman–Crippen LogP) is 4.59. The van der Waals surface area contributed by atoms with E-state index in [0.29, 0.717) is 29.0 Å². The predicted molar refractivity (Wildman–Crippen MR) is 122 cm³/mol. The van der Waals surface area contributed by atoms with Crippen molar-refractivity contribution in [3.8, 4) is 17.6 Å². The number of ether oxygens (including phenoxy) is 5. The van der Waals surface area contributed by atoms with Crippen molar-refractivity contribution in [1.29, 1.82) is 5.26 Å². The van der Waals surface area contributed by atoms with Gasteiger partial charge in [-0.3, -0.25) is 10.1 Å². The highest BCUT2D eigenvalue weighted by molar-refractivity contribution is 7.46. The Bertz CT molecular complexity index is 998. The maximum atomic E-state index is 12.6. The molecular formula is C22H29N2O10P. The standard InChI is InChI=1S/C22H29N2O10P/c1-12-9-16(17(32-12)10-31-35(5)30-8-6-7-23)34-22(25)33-15(4)18-13(2)20-21(29-11-28-20)14(3)19(18)24(26)27/h12,15-17H,6,8-11H2,1-5H3. The number of hydrogen-bond acceptors (Lipinski definition) is 11. The number of nitrogens with zero attached hydrogens (tertiary/aromatic N) is 2. The maximum Gasteiger partial charge on any atom is 0.509 e. The highest BCUT2D eigenvalue weighted by atomic mass is 31.2. The first kappa shape index (κ1) is 26.9. The van der Waals surface area contributed by atoms with Gasteiger partial charge in [0.2, 0.25) is 6.79 Å². The maximum absolute atomic E-state index is 12.6. The van der Waals surface area contributed by atoms with Gasteiger partial charge in [-0.15, -0.1) is 0 Å². The van der Waals surface area contributed by atoms with Crippen LogP contribution in [0.25, 0.3) is 0 Å². The van der Waals surface area contributed by atoms with Crippen LogP contribution in [0, 0.1) is 35.3 Å². The first-order valence-corrected chi connectivity index (χ1v) is 12.7. The summed E-state index contributed by atoms with van der Waals surface area (Å²) in [5.41, 5.74) is 0.793. The molecule has 2 aliphatic rings. The van der Waals surface area contributed by atoms with Gasteiger partial charge >= 0.3 is 6.16 Å². The molecule has 0 spiro atoms. The molecule has 0 saturated carbocycles. The molecular weight excluding hydrogens is 483 g/mol. The fourth-order valence-corrected chi connectivity index (χ4v) is 4.94. The van der Waals surface area contributed by atoms with Crippen LogP contribution in [0.2, 0.25) is 0 Å². The van der Waals surface area contributed by atoms with E-state index in [9.17, 15) is 14.9 Å². The van der Waals surface area contributed by atoms with Crippen LogP contribution in [0.1, 0.15) is 49.5 Å². The van der Waals surface area contributed by atoms with Gasteiger partial charge in [-0.25, -0.2) is 4.79 Å². The third-order valence-corrected chi connectivity index (χ3v) is 6.77. The summed E-state index contributed by atoms with van der Waals surface area (Å²) in [6.07, 6.45) is -2.56. The molecule has 0 radical (unpaired) electrons. The van der Waals surface area contributed by atoms with Gasteiger partial charge in [0.25, 0.3) is 5.69 Å². The van der Waals surface area contributed by atoms with Crippen molar-refractivity contribution in [2.45, 2.75) is 65.0 Å². The third-order valence-electron chi connectivity index (χ3n) is 5.71. The fourth-order valence-electron chi connectivity index (χ4n) is 4.16. The van der Waals surface area contributed by atoms with Crippen molar-refractivity contribution in [2.75, 3.05) is 26.7 Å². The van der Waals surface area contributed by atoms with E-state index in [1.165, 1.54) is 6.92 Å². The summed E-state index contributed by atoms with van der Waals surface area (Å²) in [4.78, 5) is 24.0. The lowest BCUT2D eigenvalue weighted by atomic mass is 9.96. The number of carbonyl (C=O) groups is 1. The molecule has 12 nitrogen and oxygen atoms in total. The van der Waals surface area contributed by atoms with Crippen molar-refractivity contribution >= 4 is 20.2 Å². The second-order valence-corrected chi connectivity index (χ2v) is 9.59. The molecule has 1 aromatic rings. The summed E-state index contributed by atoms with van der Waals surface area (Å²) in [6.45, 7) is 8.74. The van der Waals surface area contributed by atoms with E-state index in [1.54, 1.807) is 20.5 Å². The fraction of sp³-hybridized carbons (Fsp3) is 0.636. The number of hydrogen-bond donors (Lipinski definition) is 0. The van der Waals surface area contributed by atoms with Crippen LogP contribution >= 0.6 is 8.38 Å². The molecule has 5 unspecified atom stereocenters. The van der Waals surface area contributed by atoms with E-state index >= 15 is 0 Å². The normalized spacial score (nSPS) is 22.3. The average Bonchev–Trinajstić information content (AvgIpc) is 3.41. The molecule has 2 heterocycles. The lowest BCUT2D eigenvalue weighted by molar-refractivity contribution is -0.386. The minimum Gasteiger partial charge on any atom is -0.453 e. The summed E-state index contributed by atoms with van der Waals surface area (Å²) in [5, 5.41) is 20.4. The highest BCUT2D eigenvalue weighted by Gasteiger charge is 2.39. The summed E-state index contributed by atoms with van der Waals surface area (Å²) in [7, 11) is -1.21. The number of benzene rings is 1. The molecule has 0 aromatic heterocycles. The van der Waals surface area contributed by atoms with E-state index in [-0.39, 0.29) is 43.8 Å². The summed E-state index contributed by atoms with van der Waals surface area (Å²) < 4.78 is 38.7. The molecule has 3 rings (SSSR count). The molecule has 1 aromatic carbocycles. The molecule has 2 aliphatic heterocycles. The van der Waals surface area contributed by atoms with Gasteiger partial charge in [0.1, 0.15) is 18.3 Å². The van der Waals surface area contributed by atoms with Crippen LogP contribution in [0.3, 0.4) is 0 Å². The topological polar surface area (TPSA) is 149 Å². The Hall–Kier alpha value is -2.71. The molecule has 0 aliphatic carbocycles. The Morgan fingerprint density at radius 2 is 1.97 bits per heavy atom. The second-order valence-electron chi connectivity index (χ2n) is 8.20. The summed E-state index contributed by atoms with van der Waals surface area (Å²) >= 11 is 0. The van der Waals surface area contributed by atoms with Crippen molar-refractivity contribution in [1.82, 2.24) is 0 Å². The largest absolute Gasteiger partial charge is 0.509 e. The average molecular weight is 512 g/mol. The number of nitriles is 1. The van der Waals surface area contributed by atoms with Crippen molar-refractivity contribution in [3.63, 3.8) is 0 Å². The molecule has 0 amide bonds. The van der Waals surface area contributed by atoms with Gasteiger partial charge in [-0.2, -0.15) is 5.26 Å². The van der Waals surface area contributed by atoms with Crippen LogP contribution < -0.4 is 9.47 Å². The molecule has 13 heteroatoms. The third kappa shape index (κ3) is 6.30. The van der Waals surface area contributed by atoms with E-state index in [0.717, 1.165) is 0 Å². The molecule has 0 N–H and O–H groups in total. The lowest BCUT2D eigenvalue weighted by Crippen LogP contribution is -2.31. The number of rotatable bonds is 10. The van der Waals surface area contributed by atoms with Gasteiger partial charge in [0.05, 0.1) is 47.9 Å². The molecule has 1 saturated heterocycles. The molecule has 35 heavy (non-hydrogen) atoms. The van der Waals surface area contributed by atoms with E-state index in [4.69, 9.17) is 38.0 Å². The number of carbonyl (C=O) groups excluding carboxylic acids is 1. The van der Waals surface area contributed by atoms with Gasteiger partial charge in [-0.1, -0.05) is 0 Å². The van der Waals surface area contributed by atoms with Crippen molar-refractivity contribution < 1.29 is 42.4 Å². The van der Waals surface area contributed by atoms with Crippen LogP contribution in [0.4, 0.5) is 10.5 Å². The monoisotopic (exact) mass is 512 g/mol. The second kappa shape index (κ2) is 11.8. The smallest absolute Gasteiger partial charge is 0.453 e. The van der Waals surface area contributed by atoms with E-state index in [2.05, 4.69) is 0 Å². The van der Waals surface area contributed by atoms with Gasteiger partial charge in [0.15, 0.2) is 19.9 Å². The highest BCUT2D eigenvalue weighted by Crippen LogP contribution is 2.48. The van der Waals surface area contributed by atoms with E-state index < -0.39 is 37.8 Å². The van der Waals surface area contributed by atoms with Crippen LogP contribution in [-0.2, 0) is 23.3 Å². The number of fused-ring (bicyclic) bond motifs is 1. The van der Waals surface area contributed by atoms with Crippen LogP contribution in [0.5, 0.6) is 11.5 Å². The first-order valence-electron chi connectivity index (χ1n) is 11.1. The molecule has 1 fully saturated rings.